The molecule has 4 heteroatoms. The quantitative estimate of drug-likeness (QED) is 0.617. The van der Waals surface area contributed by atoms with E-state index in [2.05, 4.69) is 12.2 Å². The minimum atomic E-state index is -0.478. The van der Waals surface area contributed by atoms with Crippen LogP contribution in [0.1, 0.15) is 39.0 Å². The molecule has 2 unspecified atom stereocenters. The summed E-state index contributed by atoms with van der Waals surface area (Å²) >= 11 is 0. The predicted molar refractivity (Wildman–Crippen MR) is 72.8 cm³/mol. The highest BCUT2D eigenvalue weighted by molar-refractivity contribution is 4.86. The first kappa shape index (κ1) is 15.9. The van der Waals surface area contributed by atoms with Gasteiger partial charge in [0, 0.05) is 20.3 Å². The summed E-state index contributed by atoms with van der Waals surface area (Å²) in [4.78, 5) is 0. The van der Waals surface area contributed by atoms with Gasteiger partial charge in [-0.15, -0.1) is 0 Å². The maximum Gasteiger partial charge on any atom is 0.0774 e. The van der Waals surface area contributed by atoms with Crippen LogP contribution in [0.3, 0.4) is 0 Å². The summed E-state index contributed by atoms with van der Waals surface area (Å²) < 4.78 is 10.3. The Kier molecular flexibility index (Phi) is 7.82. The fourth-order valence-corrected chi connectivity index (χ4v) is 2.66. The van der Waals surface area contributed by atoms with Gasteiger partial charge in [0.05, 0.1) is 18.8 Å². The maximum absolute atomic E-state index is 10.4. The fraction of sp³-hybridized carbons (Fsp3) is 1.00. The van der Waals surface area contributed by atoms with Crippen LogP contribution in [0.25, 0.3) is 0 Å². The van der Waals surface area contributed by atoms with Crippen molar-refractivity contribution in [3.8, 4) is 0 Å². The molecule has 0 bridgehead atoms. The zero-order valence-corrected chi connectivity index (χ0v) is 11.9. The van der Waals surface area contributed by atoms with Crippen molar-refractivity contribution >= 4 is 0 Å². The van der Waals surface area contributed by atoms with Crippen molar-refractivity contribution in [3.63, 3.8) is 0 Å². The molecule has 0 aromatic heterocycles. The van der Waals surface area contributed by atoms with Crippen LogP contribution in [0.2, 0.25) is 0 Å². The van der Waals surface area contributed by atoms with Crippen LogP contribution in [0.15, 0.2) is 0 Å². The Bertz CT molecular complexity index is 213. The van der Waals surface area contributed by atoms with Crippen LogP contribution in [0.4, 0.5) is 0 Å². The van der Waals surface area contributed by atoms with Gasteiger partial charge in [0.1, 0.15) is 0 Å². The average molecular weight is 259 g/mol. The molecule has 0 aromatic carbocycles. The number of hydrogen-bond acceptors (Lipinski definition) is 4. The number of rotatable bonds is 9. The van der Waals surface area contributed by atoms with Crippen molar-refractivity contribution in [1.82, 2.24) is 5.32 Å². The van der Waals surface area contributed by atoms with E-state index in [1.165, 1.54) is 6.42 Å². The molecule has 0 aromatic rings. The van der Waals surface area contributed by atoms with E-state index >= 15 is 0 Å². The maximum atomic E-state index is 10.4. The summed E-state index contributed by atoms with van der Waals surface area (Å²) in [5, 5.41) is 13.7. The molecule has 1 saturated carbocycles. The second-order valence-corrected chi connectivity index (χ2v) is 5.56. The van der Waals surface area contributed by atoms with Gasteiger partial charge in [0.25, 0.3) is 0 Å². The normalized spacial score (nSPS) is 28.5. The zero-order valence-electron chi connectivity index (χ0n) is 11.9. The van der Waals surface area contributed by atoms with Gasteiger partial charge in [-0.3, -0.25) is 0 Å². The van der Waals surface area contributed by atoms with Crippen LogP contribution in [0, 0.1) is 5.92 Å². The summed E-state index contributed by atoms with van der Waals surface area (Å²) in [5.74, 6) is 0.655. The average Bonchev–Trinajstić information content (AvgIpc) is 2.32. The molecular formula is C14H29NO3. The molecule has 0 heterocycles. The highest BCUT2D eigenvalue weighted by Crippen LogP contribution is 2.31. The monoisotopic (exact) mass is 259 g/mol. The lowest BCUT2D eigenvalue weighted by Gasteiger charge is -2.35. The lowest BCUT2D eigenvalue weighted by atomic mass is 9.79. The van der Waals surface area contributed by atoms with Gasteiger partial charge in [0.15, 0.2) is 0 Å². The minimum Gasteiger partial charge on any atom is -0.389 e. The molecule has 0 spiro atoms. The van der Waals surface area contributed by atoms with Gasteiger partial charge in [0.2, 0.25) is 0 Å². The van der Waals surface area contributed by atoms with Gasteiger partial charge in [-0.2, -0.15) is 0 Å². The molecule has 0 saturated heterocycles. The third-order valence-electron chi connectivity index (χ3n) is 3.60. The first-order valence-corrected chi connectivity index (χ1v) is 7.16. The molecular weight excluding hydrogens is 230 g/mol. The lowest BCUT2D eigenvalue weighted by molar-refractivity contribution is -0.0120. The van der Waals surface area contributed by atoms with Gasteiger partial charge in [-0.05, 0) is 31.7 Å². The van der Waals surface area contributed by atoms with Gasteiger partial charge in [-0.25, -0.2) is 0 Å². The van der Waals surface area contributed by atoms with E-state index in [-0.39, 0.29) is 0 Å². The minimum absolute atomic E-state index is 0.478. The van der Waals surface area contributed by atoms with E-state index in [0.717, 1.165) is 45.4 Å². The van der Waals surface area contributed by atoms with Gasteiger partial charge in [-0.1, -0.05) is 19.8 Å². The van der Waals surface area contributed by atoms with E-state index in [1.54, 1.807) is 7.11 Å². The summed E-state index contributed by atoms with van der Waals surface area (Å²) in [7, 11) is 1.68. The molecule has 2 N–H and O–H groups in total. The summed E-state index contributed by atoms with van der Waals surface area (Å²) in [6, 6.07) is 0. The third kappa shape index (κ3) is 6.69. The number of hydrogen-bond donors (Lipinski definition) is 2. The van der Waals surface area contributed by atoms with Crippen molar-refractivity contribution in [1.29, 1.82) is 0 Å². The lowest BCUT2D eigenvalue weighted by Crippen LogP contribution is -2.44. The summed E-state index contributed by atoms with van der Waals surface area (Å²) in [6.07, 6.45) is 5.27. The first-order valence-electron chi connectivity index (χ1n) is 7.16. The van der Waals surface area contributed by atoms with E-state index in [4.69, 9.17) is 9.47 Å². The molecule has 1 aliphatic carbocycles. The van der Waals surface area contributed by atoms with E-state index in [1.807, 2.05) is 0 Å². The largest absolute Gasteiger partial charge is 0.389 e. The van der Waals surface area contributed by atoms with Crippen molar-refractivity contribution in [2.45, 2.75) is 44.6 Å². The number of nitrogens with one attached hydrogen (secondary N) is 1. The topological polar surface area (TPSA) is 50.7 Å². The molecule has 1 fully saturated rings. The molecule has 0 aliphatic heterocycles. The summed E-state index contributed by atoms with van der Waals surface area (Å²) in [6.45, 7) is 5.93. The fourth-order valence-electron chi connectivity index (χ4n) is 2.66. The summed E-state index contributed by atoms with van der Waals surface area (Å²) in [5.41, 5.74) is -0.478. The molecule has 2 atom stereocenters. The Balaban J connectivity index is 1.96. The van der Waals surface area contributed by atoms with Crippen molar-refractivity contribution in [3.05, 3.63) is 0 Å². The van der Waals surface area contributed by atoms with Crippen LogP contribution in [-0.2, 0) is 9.47 Å². The van der Waals surface area contributed by atoms with E-state index in [9.17, 15) is 5.11 Å². The predicted octanol–water partition coefficient (Wildman–Crippen LogP) is 1.57. The molecule has 1 aliphatic rings. The van der Waals surface area contributed by atoms with Gasteiger partial charge < -0.3 is 19.9 Å². The Morgan fingerprint density at radius 1 is 1.33 bits per heavy atom. The molecule has 18 heavy (non-hydrogen) atoms. The second kappa shape index (κ2) is 8.86. The highest BCUT2D eigenvalue weighted by atomic mass is 16.5. The first-order chi connectivity index (χ1) is 8.66. The smallest absolute Gasteiger partial charge is 0.0774 e. The molecule has 108 valence electrons. The zero-order chi connectivity index (χ0) is 13.3. The van der Waals surface area contributed by atoms with E-state index in [0.29, 0.717) is 19.1 Å². The number of ether oxygens (including phenoxy) is 2. The SMILES string of the molecule is COCCOCCCNCC1(O)CCCC(C)C1. The standard InChI is InChI=1S/C14H29NO3/c1-13-5-3-6-14(16,11-13)12-15-7-4-8-18-10-9-17-2/h13,15-16H,3-12H2,1-2H3. The van der Waals surface area contributed by atoms with Crippen LogP contribution < -0.4 is 5.32 Å². The molecule has 0 radical (unpaired) electrons. The van der Waals surface area contributed by atoms with E-state index < -0.39 is 5.60 Å². The Morgan fingerprint density at radius 3 is 2.89 bits per heavy atom. The second-order valence-electron chi connectivity index (χ2n) is 5.56. The molecule has 4 nitrogen and oxygen atoms in total. The molecule has 0 amide bonds. The van der Waals surface area contributed by atoms with Crippen LogP contribution >= 0.6 is 0 Å². The molecule has 1 rings (SSSR count). The Labute approximate surface area is 111 Å². The van der Waals surface area contributed by atoms with Crippen molar-refractivity contribution < 1.29 is 14.6 Å². The van der Waals surface area contributed by atoms with Crippen LogP contribution in [0.5, 0.6) is 0 Å². The number of methoxy groups -OCH3 is 1. The van der Waals surface area contributed by atoms with Crippen molar-refractivity contribution in [2.24, 2.45) is 5.92 Å². The Morgan fingerprint density at radius 2 is 2.17 bits per heavy atom. The van der Waals surface area contributed by atoms with Gasteiger partial charge >= 0.3 is 0 Å². The van der Waals surface area contributed by atoms with Crippen LogP contribution in [-0.4, -0.2) is 50.7 Å². The third-order valence-corrected chi connectivity index (χ3v) is 3.60. The Hall–Kier alpha value is -0.160. The number of aliphatic hydroxyl groups is 1. The highest BCUT2D eigenvalue weighted by Gasteiger charge is 2.31. The van der Waals surface area contributed by atoms with Crippen molar-refractivity contribution in [2.75, 3.05) is 40.0 Å².